The van der Waals surface area contributed by atoms with E-state index in [4.69, 9.17) is 10.5 Å². The maximum atomic E-state index is 12.0. The quantitative estimate of drug-likeness (QED) is 0.803. The van der Waals surface area contributed by atoms with Crippen molar-refractivity contribution in [2.75, 3.05) is 25.6 Å². The van der Waals surface area contributed by atoms with Gasteiger partial charge >= 0.3 is 0 Å². The third-order valence-corrected chi connectivity index (χ3v) is 4.01. The van der Waals surface area contributed by atoms with E-state index < -0.39 is 0 Å². The van der Waals surface area contributed by atoms with Crippen LogP contribution in [-0.2, 0) is 0 Å². The number of amides is 1. The van der Waals surface area contributed by atoms with Crippen molar-refractivity contribution in [1.82, 2.24) is 5.32 Å². The molecule has 0 heterocycles. The molecule has 4 nitrogen and oxygen atoms in total. The molecule has 0 aliphatic heterocycles. The summed E-state index contributed by atoms with van der Waals surface area (Å²) in [6, 6.07) is 5.18. The Bertz CT molecular complexity index is 433. The Balaban J connectivity index is 2.79. The smallest absolute Gasteiger partial charge is 0.253 e. The highest BCUT2D eigenvalue weighted by Crippen LogP contribution is 2.25. The van der Waals surface area contributed by atoms with Crippen LogP contribution in [0.25, 0.3) is 0 Å². The molecule has 3 N–H and O–H groups in total. The number of anilines is 1. The fourth-order valence-electron chi connectivity index (χ4n) is 1.38. The maximum absolute atomic E-state index is 12.0. The van der Waals surface area contributed by atoms with Gasteiger partial charge in [-0.2, -0.15) is 11.8 Å². The standard InChI is InChI=1S/C13H20N2O2S/c1-13(2,18-4)8-15-12(16)9-6-5-7-10(17-3)11(9)14/h5-7H,8,14H2,1-4H3,(H,15,16). The second-order valence-corrected chi connectivity index (χ2v) is 6.08. The number of nitrogens with one attached hydrogen (secondary N) is 1. The zero-order valence-corrected chi connectivity index (χ0v) is 12.1. The van der Waals surface area contributed by atoms with Crippen molar-refractivity contribution < 1.29 is 9.53 Å². The first-order valence-corrected chi connectivity index (χ1v) is 6.89. The average Bonchev–Trinajstić information content (AvgIpc) is 2.36. The van der Waals surface area contributed by atoms with Crippen LogP contribution in [0.4, 0.5) is 5.69 Å². The third kappa shape index (κ3) is 3.57. The highest BCUT2D eigenvalue weighted by atomic mass is 32.2. The van der Waals surface area contributed by atoms with Crippen molar-refractivity contribution in [3.05, 3.63) is 23.8 Å². The molecule has 1 rings (SSSR count). The molecule has 0 bridgehead atoms. The summed E-state index contributed by atoms with van der Waals surface area (Å²) in [4.78, 5) is 12.0. The van der Waals surface area contributed by atoms with Gasteiger partial charge in [-0.15, -0.1) is 0 Å². The van der Waals surface area contributed by atoms with Gasteiger partial charge in [-0.25, -0.2) is 0 Å². The Hall–Kier alpha value is -1.36. The van der Waals surface area contributed by atoms with Crippen molar-refractivity contribution in [3.8, 4) is 5.75 Å². The lowest BCUT2D eigenvalue weighted by atomic mass is 10.1. The van der Waals surface area contributed by atoms with Gasteiger partial charge in [-0.05, 0) is 32.2 Å². The minimum atomic E-state index is -0.173. The fraction of sp³-hybridized carbons (Fsp3) is 0.462. The Morgan fingerprint density at radius 1 is 1.50 bits per heavy atom. The van der Waals surface area contributed by atoms with E-state index in [1.165, 1.54) is 7.11 Å². The van der Waals surface area contributed by atoms with Crippen LogP contribution in [0.15, 0.2) is 18.2 Å². The number of rotatable bonds is 5. The Morgan fingerprint density at radius 2 is 2.17 bits per heavy atom. The highest BCUT2D eigenvalue weighted by Gasteiger charge is 2.19. The molecule has 0 unspecified atom stereocenters. The van der Waals surface area contributed by atoms with Gasteiger partial charge in [0.1, 0.15) is 5.75 Å². The average molecular weight is 268 g/mol. The molecule has 0 aliphatic rings. The van der Waals surface area contributed by atoms with Crippen LogP contribution in [0, 0.1) is 0 Å². The number of hydrogen-bond acceptors (Lipinski definition) is 4. The SMILES string of the molecule is COc1cccc(C(=O)NCC(C)(C)SC)c1N. The van der Waals surface area contributed by atoms with Crippen LogP contribution in [0.5, 0.6) is 5.75 Å². The number of ether oxygens (including phenoxy) is 1. The Kier molecular flexibility index (Phi) is 4.90. The lowest BCUT2D eigenvalue weighted by Gasteiger charge is -2.22. The van der Waals surface area contributed by atoms with Crippen LogP contribution in [0.1, 0.15) is 24.2 Å². The first-order chi connectivity index (χ1) is 8.41. The summed E-state index contributed by atoms with van der Waals surface area (Å²) < 4.78 is 5.10. The summed E-state index contributed by atoms with van der Waals surface area (Å²) in [5.74, 6) is 0.348. The van der Waals surface area contributed by atoms with Gasteiger partial charge in [0.15, 0.2) is 0 Å². The number of nitrogen functional groups attached to an aromatic ring is 1. The summed E-state index contributed by atoms with van der Waals surface area (Å²) in [7, 11) is 1.53. The van der Waals surface area contributed by atoms with Crippen molar-refractivity contribution in [3.63, 3.8) is 0 Å². The second kappa shape index (κ2) is 6.00. The van der Waals surface area contributed by atoms with Crippen LogP contribution in [0.2, 0.25) is 0 Å². The van der Waals surface area contributed by atoms with Gasteiger partial charge in [0, 0.05) is 11.3 Å². The Labute approximate surface area is 112 Å². The molecule has 1 amide bonds. The maximum Gasteiger partial charge on any atom is 0.253 e. The van der Waals surface area contributed by atoms with Crippen LogP contribution in [-0.4, -0.2) is 30.6 Å². The predicted molar refractivity (Wildman–Crippen MR) is 77.3 cm³/mol. The van der Waals surface area contributed by atoms with Crippen LogP contribution in [0.3, 0.4) is 0 Å². The van der Waals surface area contributed by atoms with Crippen molar-refractivity contribution in [2.24, 2.45) is 0 Å². The summed E-state index contributed by atoms with van der Waals surface area (Å²) in [5, 5.41) is 2.89. The molecule has 0 saturated carbocycles. The molecule has 1 aromatic carbocycles. The fourth-order valence-corrected chi connectivity index (χ4v) is 1.60. The van der Waals surface area contributed by atoms with Crippen molar-refractivity contribution >= 4 is 23.4 Å². The van der Waals surface area contributed by atoms with E-state index in [0.717, 1.165) is 0 Å². The van der Waals surface area contributed by atoms with E-state index in [9.17, 15) is 4.79 Å². The Morgan fingerprint density at radius 3 is 2.72 bits per heavy atom. The van der Waals surface area contributed by atoms with Crippen LogP contribution >= 0.6 is 11.8 Å². The minimum absolute atomic E-state index is 0.00326. The van der Waals surface area contributed by atoms with Gasteiger partial charge in [0.05, 0.1) is 18.4 Å². The number of carbonyl (C=O) groups is 1. The molecular weight excluding hydrogens is 248 g/mol. The van der Waals surface area contributed by atoms with Crippen molar-refractivity contribution in [1.29, 1.82) is 0 Å². The first kappa shape index (κ1) is 14.7. The minimum Gasteiger partial charge on any atom is -0.495 e. The van der Waals surface area contributed by atoms with Gasteiger partial charge in [0.25, 0.3) is 5.91 Å². The molecule has 100 valence electrons. The van der Waals surface area contributed by atoms with E-state index in [1.54, 1.807) is 30.0 Å². The zero-order chi connectivity index (χ0) is 13.8. The van der Waals surface area contributed by atoms with Gasteiger partial charge in [0.2, 0.25) is 0 Å². The molecule has 0 aliphatic carbocycles. The van der Waals surface area contributed by atoms with Crippen molar-refractivity contribution in [2.45, 2.75) is 18.6 Å². The van der Waals surface area contributed by atoms with Gasteiger partial charge in [-0.1, -0.05) is 6.07 Å². The highest BCUT2D eigenvalue weighted by molar-refractivity contribution is 7.99. The number of benzene rings is 1. The molecule has 0 aromatic heterocycles. The van der Waals surface area contributed by atoms with Gasteiger partial charge < -0.3 is 15.8 Å². The van der Waals surface area contributed by atoms with Crippen LogP contribution < -0.4 is 15.8 Å². The van der Waals surface area contributed by atoms with E-state index >= 15 is 0 Å². The number of carbonyl (C=O) groups excluding carboxylic acids is 1. The third-order valence-electron chi connectivity index (χ3n) is 2.76. The molecule has 0 spiro atoms. The zero-order valence-electron chi connectivity index (χ0n) is 11.2. The summed E-state index contributed by atoms with van der Waals surface area (Å²) in [6.07, 6.45) is 2.02. The second-order valence-electron chi connectivity index (χ2n) is 4.57. The van der Waals surface area contributed by atoms with E-state index in [0.29, 0.717) is 23.5 Å². The van der Waals surface area contributed by atoms with E-state index in [-0.39, 0.29) is 10.7 Å². The number of methoxy groups -OCH3 is 1. The molecule has 18 heavy (non-hydrogen) atoms. The molecule has 5 heteroatoms. The number of thioether (sulfide) groups is 1. The predicted octanol–water partition coefficient (Wildman–Crippen LogP) is 2.15. The van der Waals surface area contributed by atoms with Gasteiger partial charge in [-0.3, -0.25) is 4.79 Å². The lowest BCUT2D eigenvalue weighted by Crippen LogP contribution is -2.36. The molecule has 0 saturated heterocycles. The number of para-hydroxylation sites is 1. The topological polar surface area (TPSA) is 64.3 Å². The monoisotopic (exact) mass is 268 g/mol. The molecule has 1 aromatic rings. The summed E-state index contributed by atoms with van der Waals surface area (Å²) >= 11 is 1.71. The summed E-state index contributed by atoms with van der Waals surface area (Å²) in [6.45, 7) is 4.74. The largest absolute Gasteiger partial charge is 0.495 e. The summed E-state index contributed by atoms with van der Waals surface area (Å²) in [5.41, 5.74) is 6.70. The number of hydrogen-bond donors (Lipinski definition) is 2. The number of nitrogens with two attached hydrogens (primary N) is 1. The molecule has 0 fully saturated rings. The first-order valence-electron chi connectivity index (χ1n) is 5.67. The molecule has 0 atom stereocenters. The molecular formula is C13H20N2O2S. The van der Waals surface area contributed by atoms with E-state index in [1.807, 2.05) is 6.26 Å². The molecule has 0 radical (unpaired) electrons. The normalized spacial score (nSPS) is 11.1. The lowest BCUT2D eigenvalue weighted by molar-refractivity contribution is 0.0951. The van der Waals surface area contributed by atoms with E-state index in [2.05, 4.69) is 19.2 Å².